The zero-order valence-corrected chi connectivity index (χ0v) is 14.0. The lowest BCUT2D eigenvalue weighted by molar-refractivity contribution is -0.213. The second-order valence-electron chi connectivity index (χ2n) is 4.16. The normalized spacial score (nSPS) is 16.2. The van der Waals surface area contributed by atoms with E-state index >= 15 is 0 Å². The second-order valence-corrected chi connectivity index (χ2v) is 8.16. The van der Waals surface area contributed by atoms with E-state index in [1.54, 1.807) is 13.8 Å². The minimum Gasteiger partial charge on any atom is -0.778 e. The maximum Gasteiger partial charge on any atom is 0.141 e. The third-order valence-corrected chi connectivity index (χ3v) is 5.41. The first-order chi connectivity index (χ1) is 7.54. The minimum atomic E-state index is -4.34. The molecule has 19 heavy (non-hydrogen) atoms. The third-order valence-electron chi connectivity index (χ3n) is 1.87. The van der Waals surface area contributed by atoms with Crippen molar-refractivity contribution in [2.75, 3.05) is 12.3 Å². The molecule has 7 nitrogen and oxygen atoms in total. The molecule has 0 saturated carbocycles. The molecule has 0 rings (SSSR count). The van der Waals surface area contributed by atoms with Crippen LogP contribution < -0.4 is 22.1 Å². The number of hydrogen-bond acceptors (Lipinski definition) is 5. The second kappa shape index (κ2) is 9.61. The van der Waals surface area contributed by atoms with Gasteiger partial charge >= 0.3 is 0 Å². The highest BCUT2D eigenvalue weighted by molar-refractivity contribution is 7.64. The first-order valence-corrected chi connectivity index (χ1v) is 8.60. The standard InChI is InChI=1S/C10H20O5P2.2H3N/c1-9(2)5-7-16(11,12)15-17(13,14)8-6-10(3)4;;/h1,3,5-8H2,2,4H3,(H,11,12)(H,13,14);2*1H3. The molecule has 2 atom stereocenters. The van der Waals surface area contributed by atoms with Crippen molar-refractivity contribution in [3.8, 4) is 0 Å². The fraction of sp³-hybridized carbons (Fsp3) is 0.600. The Bertz CT molecular complexity index is 361. The van der Waals surface area contributed by atoms with Crippen molar-refractivity contribution >= 4 is 15.2 Å². The Labute approximate surface area is 115 Å². The van der Waals surface area contributed by atoms with Gasteiger partial charge in [-0.1, -0.05) is 11.1 Å². The summed E-state index contributed by atoms with van der Waals surface area (Å²) in [5.74, 6) is 0. The van der Waals surface area contributed by atoms with Crippen LogP contribution >= 0.6 is 15.2 Å². The molecule has 0 aromatic heterocycles. The molecule has 0 aromatic rings. The van der Waals surface area contributed by atoms with E-state index in [2.05, 4.69) is 17.5 Å². The molecule has 8 N–H and O–H groups in total. The lowest BCUT2D eigenvalue weighted by atomic mass is 10.3. The summed E-state index contributed by atoms with van der Waals surface area (Å²) in [7, 11) is -8.69. The van der Waals surface area contributed by atoms with Gasteiger partial charge in [0.05, 0.1) is 0 Å². The predicted molar refractivity (Wildman–Crippen MR) is 76.9 cm³/mol. The molecule has 0 bridgehead atoms. The van der Waals surface area contributed by atoms with Gasteiger partial charge in [0.25, 0.3) is 0 Å². The van der Waals surface area contributed by atoms with Crippen LogP contribution in [0.4, 0.5) is 0 Å². The van der Waals surface area contributed by atoms with E-state index in [9.17, 15) is 18.9 Å². The number of rotatable bonds is 8. The van der Waals surface area contributed by atoms with Crippen LogP contribution in [0.1, 0.15) is 26.7 Å². The van der Waals surface area contributed by atoms with Crippen LogP contribution in [0, 0.1) is 0 Å². The summed E-state index contributed by atoms with van der Waals surface area (Å²) in [6.45, 7) is 10.4. The van der Waals surface area contributed by atoms with E-state index in [4.69, 9.17) is 0 Å². The van der Waals surface area contributed by atoms with Gasteiger partial charge in [-0.05, 0) is 26.7 Å². The average Bonchev–Trinajstić information content (AvgIpc) is 2.10. The number of quaternary nitrogens is 2. The molecule has 2 unspecified atom stereocenters. The monoisotopic (exact) mass is 316 g/mol. The van der Waals surface area contributed by atoms with Gasteiger partial charge in [0.1, 0.15) is 15.2 Å². The topological polar surface area (TPSA) is 162 Å². The molecule has 9 heteroatoms. The molecule has 116 valence electrons. The highest BCUT2D eigenvalue weighted by Gasteiger charge is 2.17. The van der Waals surface area contributed by atoms with Crippen LogP contribution in [0.3, 0.4) is 0 Å². The number of allylic oxidation sites excluding steroid dienone is 2. The van der Waals surface area contributed by atoms with Gasteiger partial charge in [-0.25, -0.2) is 0 Å². The fourth-order valence-corrected chi connectivity index (χ4v) is 4.41. The molecule has 0 heterocycles. The first-order valence-electron chi connectivity index (χ1n) is 5.14. The maximum atomic E-state index is 11.4. The molecule has 0 aliphatic rings. The third kappa shape index (κ3) is 14.0. The molecular weight excluding hydrogens is 290 g/mol. The Balaban J connectivity index is -0.00000128. The summed E-state index contributed by atoms with van der Waals surface area (Å²) in [5.41, 5.74) is 1.32. The Morgan fingerprint density at radius 3 is 1.42 bits per heavy atom. The van der Waals surface area contributed by atoms with Crippen LogP contribution in [-0.2, 0) is 13.4 Å². The van der Waals surface area contributed by atoms with Gasteiger partial charge in [-0.15, -0.1) is 13.2 Å². The molecular formula is C10H26N2O5P2. The van der Waals surface area contributed by atoms with E-state index < -0.39 is 15.2 Å². The highest BCUT2D eigenvalue weighted by Crippen LogP contribution is 2.55. The van der Waals surface area contributed by atoms with Crippen molar-refractivity contribution in [1.29, 1.82) is 0 Å². The summed E-state index contributed by atoms with van der Waals surface area (Å²) >= 11 is 0. The predicted octanol–water partition coefficient (Wildman–Crippen LogP) is 2.79. The van der Waals surface area contributed by atoms with Crippen LogP contribution in [0.15, 0.2) is 24.3 Å². The molecule has 0 aliphatic carbocycles. The van der Waals surface area contributed by atoms with Gasteiger partial charge in [-0.3, -0.25) is 4.31 Å². The van der Waals surface area contributed by atoms with Gasteiger partial charge in [-0.2, -0.15) is 0 Å². The van der Waals surface area contributed by atoms with E-state index in [1.807, 2.05) is 0 Å². The molecule has 0 radical (unpaired) electrons. The van der Waals surface area contributed by atoms with Gasteiger partial charge in [0, 0.05) is 12.3 Å². The Morgan fingerprint density at radius 1 is 0.947 bits per heavy atom. The van der Waals surface area contributed by atoms with E-state index in [0.717, 1.165) is 0 Å². The summed E-state index contributed by atoms with van der Waals surface area (Å²) in [5, 5.41) is 0. The molecule has 0 amide bonds. The Hall–Kier alpha value is -0.260. The molecule has 0 aliphatic heterocycles. The summed E-state index contributed by atoms with van der Waals surface area (Å²) in [4.78, 5) is 22.7. The lowest BCUT2D eigenvalue weighted by Gasteiger charge is -2.32. The van der Waals surface area contributed by atoms with Crippen molar-refractivity contribution < 1.29 is 23.2 Å². The van der Waals surface area contributed by atoms with Gasteiger partial charge < -0.3 is 31.2 Å². The zero-order valence-electron chi connectivity index (χ0n) is 12.2. The number of hydrogen-bond donors (Lipinski definition) is 2. The highest BCUT2D eigenvalue weighted by atomic mass is 31.3. The van der Waals surface area contributed by atoms with Crippen molar-refractivity contribution in [2.45, 2.75) is 26.7 Å². The van der Waals surface area contributed by atoms with Crippen LogP contribution in [0.25, 0.3) is 0 Å². The average molecular weight is 316 g/mol. The minimum absolute atomic E-state index is 0. The van der Waals surface area contributed by atoms with Crippen molar-refractivity contribution in [1.82, 2.24) is 12.3 Å². The van der Waals surface area contributed by atoms with Crippen LogP contribution in [0.5, 0.6) is 0 Å². The molecule has 0 saturated heterocycles. The fourth-order valence-electron chi connectivity index (χ4n) is 0.927. The van der Waals surface area contributed by atoms with Crippen molar-refractivity contribution in [3.05, 3.63) is 24.3 Å². The Morgan fingerprint density at radius 2 is 1.21 bits per heavy atom. The molecule has 0 aromatic carbocycles. The largest absolute Gasteiger partial charge is 0.778 e. The van der Waals surface area contributed by atoms with Crippen LogP contribution in [0.2, 0.25) is 0 Å². The van der Waals surface area contributed by atoms with E-state index in [0.29, 0.717) is 11.1 Å². The van der Waals surface area contributed by atoms with Crippen molar-refractivity contribution in [2.24, 2.45) is 0 Å². The maximum absolute atomic E-state index is 11.4. The summed E-state index contributed by atoms with van der Waals surface area (Å²) in [6, 6.07) is 0. The quantitative estimate of drug-likeness (QED) is 0.518. The molecule has 0 fully saturated rings. The smallest absolute Gasteiger partial charge is 0.141 e. The SMILES string of the molecule is C=C(C)CCP(=O)([O-])OP(=O)([O-])CCC(=C)C.[NH4+].[NH4+]. The summed E-state index contributed by atoms with van der Waals surface area (Å²) in [6.07, 6.45) is -0.300. The van der Waals surface area contributed by atoms with Gasteiger partial charge in [0.2, 0.25) is 0 Å². The zero-order chi connectivity index (χ0) is 13.7. The Kier molecular flexibility index (Phi) is 12.0. The molecule has 0 spiro atoms. The van der Waals surface area contributed by atoms with Gasteiger partial charge in [0.15, 0.2) is 0 Å². The first kappa shape index (κ1) is 23.8. The lowest BCUT2D eigenvalue weighted by Crippen LogP contribution is -2.14. The van der Waals surface area contributed by atoms with E-state index in [-0.39, 0.29) is 37.5 Å². The van der Waals surface area contributed by atoms with E-state index in [1.165, 1.54) is 0 Å². The van der Waals surface area contributed by atoms with Crippen molar-refractivity contribution in [3.63, 3.8) is 0 Å². The summed E-state index contributed by atoms with van der Waals surface area (Å²) < 4.78 is 27.0. The van der Waals surface area contributed by atoms with Crippen LogP contribution in [-0.4, -0.2) is 12.3 Å².